The number of amides is 2. The van der Waals surface area contributed by atoms with E-state index in [0.717, 1.165) is 5.56 Å². The predicted octanol–water partition coefficient (Wildman–Crippen LogP) is 5.67. The van der Waals surface area contributed by atoms with Gasteiger partial charge in [-0.3, -0.25) is 4.79 Å². The van der Waals surface area contributed by atoms with Crippen LogP contribution in [0.15, 0.2) is 78.9 Å². The average Bonchev–Trinajstić information content (AvgIpc) is 3.05. The Morgan fingerprint density at radius 3 is 2.31 bits per heavy atom. The maximum Gasteiger partial charge on any atom is 0.408 e. The first-order chi connectivity index (χ1) is 16.6. The number of carbonyl (C=O) groups is 2. The summed E-state index contributed by atoms with van der Waals surface area (Å²) < 4.78 is 28.3. The van der Waals surface area contributed by atoms with Crippen LogP contribution in [0.25, 0.3) is 0 Å². The maximum absolute atomic E-state index is 17.4. The van der Waals surface area contributed by atoms with Gasteiger partial charge in [0.2, 0.25) is 5.67 Å². The Morgan fingerprint density at radius 2 is 1.63 bits per heavy atom. The summed E-state index contributed by atoms with van der Waals surface area (Å²) >= 11 is 0. The Balaban J connectivity index is 1.83. The van der Waals surface area contributed by atoms with Crippen LogP contribution in [-0.2, 0) is 21.7 Å². The Bertz CT molecular complexity index is 1220. The van der Waals surface area contributed by atoms with Crippen LogP contribution in [0, 0.1) is 0 Å². The van der Waals surface area contributed by atoms with E-state index in [-0.39, 0.29) is 12.1 Å². The number of fused-ring (bicyclic) bond motifs is 1. The standard InChI is InChI=1S/C28H29FN2O4/c1-27(2,3)35-26(33)30-24(20-14-8-11-17-23(20)34-4)28(29)21-15-9-10-16-22(21)31(25(28)32)18-19-12-6-5-7-13-19/h5-17,24H,18H2,1-4H3,(H,30,33)/t24-,28-/m0/s1. The molecule has 3 aromatic carbocycles. The highest BCUT2D eigenvalue weighted by atomic mass is 19.1. The first-order valence-corrected chi connectivity index (χ1v) is 11.4. The number of carbonyl (C=O) groups excluding carboxylic acids is 2. The highest BCUT2D eigenvalue weighted by Gasteiger charge is 2.58. The fourth-order valence-corrected chi connectivity index (χ4v) is 4.36. The average molecular weight is 477 g/mol. The van der Waals surface area contributed by atoms with Crippen molar-refractivity contribution in [1.29, 1.82) is 0 Å². The molecule has 1 aliphatic rings. The summed E-state index contributed by atoms with van der Waals surface area (Å²) in [5.74, 6) is -0.424. The van der Waals surface area contributed by atoms with E-state index in [1.54, 1.807) is 69.3 Å². The summed E-state index contributed by atoms with van der Waals surface area (Å²) in [4.78, 5) is 28.2. The van der Waals surface area contributed by atoms with Crippen LogP contribution in [0.2, 0.25) is 0 Å². The maximum atomic E-state index is 17.4. The molecule has 4 rings (SSSR count). The molecule has 0 spiro atoms. The molecule has 6 nitrogen and oxygen atoms in total. The Morgan fingerprint density at radius 1 is 1.00 bits per heavy atom. The Kier molecular flexibility index (Phi) is 6.52. The van der Waals surface area contributed by atoms with E-state index in [9.17, 15) is 9.59 Å². The highest BCUT2D eigenvalue weighted by Crippen LogP contribution is 2.51. The number of hydrogen-bond acceptors (Lipinski definition) is 4. The molecule has 0 unspecified atom stereocenters. The highest BCUT2D eigenvalue weighted by molar-refractivity contribution is 6.07. The zero-order chi connectivity index (χ0) is 25.2. The molecule has 3 aromatic rings. The lowest BCUT2D eigenvalue weighted by Crippen LogP contribution is -2.48. The van der Waals surface area contributed by atoms with Gasteiger partial charge in [0, 0.05) is 11.1 Å². The van der Waals surface area contributed by atoms with Crippen molar-refractivity contribution in [2.24, 2.45) is 0 Å². The number of benzene rings is 3. The molecule has 0 aliphatic carbocycles. The second kappa shape index (κ2) is 9.41. The van der Waals surface area contributed by atoms with Crippen LogP contribution >= 0.6 is 0 Å². The summed E-state index contributed by atoms with van der Waals surface area (Å²) in [6.45, 7) is 5.34. The molecule has 0 saturated heterocycles. The van der Waals surface area contributed by atoms with Gasteiger partial charge in [-0.1, -0.05) is 66.7 Å². The van der Waals surface area contributed by atoms with Gasteiger partial charge in [-0.05, 0) is 38.5 Å². The lowest BCUT2D eigenvalue weighted by atomic mass is 9.84. The molecule has 2 atom stereocenters. The van der Waals surface area contributed by atoms with E-state index < -0.39 is 29.3 Å². The first-order valence-electron chi connectivity index (χ1n) is 11.4. The van der Waals surface area contributed by atoms with Gasteiger partial charge in [-0.2, -0.15) is 0 Å². The molecule has 1 N–H and O–H groups in total. The number of alkyl halides is 1. The van der Waals surface area contributed by atoms with E-state index in [2.05, 4.69) is 5.32 Å². The minimum atomic E-state index is -2.60. The van der Waals surface area contributed by atoms with Crippen molar-refractivity contribution in [2.45, 2.75) is 44.6 Å². The quantitative estimate of drug-likeness (QED) is 0.498. The molecule has 1 heterocycles. The number of rotatable bonds is 6. The van der Waals surface area contributed by atoms with Crippen LogP contribution in [0.4, 0.5) is 14.9 Å². The number of para-hydroxylation sites is 2. The van der Waals surface area contributed by atoms with Crippen molar-refractivity contribution in [2.75, 3.05) is 12.0 Å². The molecular weight excluding hydrogens is 447 g/mol. The molecule has 2 amide bonds. The van der Waals surface area contributed by atoms with Crippen molar-refractivity contribution in [3.8, 4) is 5.75 Å². The van der Waals surface area contributed by atoms with Gasteiger partial charge in [0.05, 0.1) is 19.3 Å². The largest absolute Gasteiger partial charge is 0.496 e. The van der Waals surface area contributed by atoms with Crippen LogP contribution < -0.4 is 15.0 Å². The zero-order valence-electron chi connectivity index (χ0n) is 20.2. The third-order valence-corrected chi connectivity index (χ3v) is 5.84. The topological polar surface area (TPSA) is 67.9 Å². The monoisotopic (exact) mass is 476 g/mol. The summed E-state index contributed by atoms with van der Waals surface area (Å²) in [6.07, 6.45) is -0.836. The number of anilines is 1. The molecule has 0 bridgehead atoms. The fourth-order valence-electron chi connectivity index (χ4n) is 4.36. The number of nitrogens with one attached hydrogen (secondary N) is 1. The first kappa shape index (κ1) is 24.3. The van der Waals surface area contributed by atoms with Crippen LogP contribution in [0.3, 0.4) is 0 Å². The fraction of sp³-hybridized carbons (Fsp3) is 0.286. The van der Waals surface area contributed by atoms with Gasteiger partial charge in [-0.15, -0.1) is 0 Å². The third-order valence-electron chi connectivity index (χ3n) is 5.84. The van der Waals surface area contributed by atoms with Crippen molar-refractivity contribution < 1.29 is 23.5 Å². The number of halogens is 1. The number of alkyl carbamates (subject to hydrolysis) is 1. The van der Waals surface area contributed by atoms with Gasteiger partial charge in [0.25, 0.3) is 5.91 Å². The van der Waals surface area contributed by atoms with Crippen molar-refractivity contribution in [1.82, 2.24) is 5.32 Å². The second-order valence-corrected chi connectivity index (χ2v) is 9.43. The van der Waals surface area contributed by atoms with Crippen LogP contribution in [-0.4, -0.2) is 24.7 Å². The van der Waals surface area contributed by atoms with E-state index >= 15 is 4.39 Å². The second-order valence-electron chi connectivity index (χ2n) is 9.43. The minimum absolute atomic E-state index is 0.174. The molecule has 182 valence electrons. The molecule has 0 aromatic heterocycles. The van der Waals surface area contributed by atoms with Gasteiger partial charge >= 0.3 is 6.09 Å². The SMILES string of the molecule is COc1ccccc1[C@H](NC(=O)OC(C)(C)C)[C@]1(F)C(=O)N(Cc2ccccc2)c2ccccc21. The zero-order valence-corrected chi connectivity index (χ0v) is 20.2. The lowest BCUT2D eigenvalue weighted by molar-refractivity contribution is -0.131. The molecular formula is C28H29FN2O4. The van der Waals surface area contributed by atoms with E-state index in [1.807, 2.05) is 30.3 Å². The smallest absolute Gasteiger partial charge is 0.408 e. The van der Waals surface area contributed by atoms with Crippen molar-refractivity contribution in [3.05, 3.63) is 95.6 Å². The minimum Gasteiger partial charge on any atom is -0.496 e. The summed E-state index contributed by atoms with van der Waals surface area (Å²) in [5.41, 5.74) is -1.60. The Labute approximate surface area is 204 Å². The molecule has 0 radical (unpaired) electrons. The van der Waals surface area contributed by atoms with Gasteiger partial charge in [0.1, 0.15) is 17.4 Å². The summed E-state index contributed by atoms with van der Waals surface area (Å²) in [5, 5.41) is 2.64. The lowest BCUT2D eigenvalue weighted by Gasteiger charge is -2.32. The number of hydrogen-bond donors (Lipinski definition) is 1. The summed E-state index contributed by atoms with van der Waals surface area (Å²) in [6, 6.07) is 21.5. The summed E-state index contributed by atoms with van der Waals surface area (Å²) in [7, 11) is 1.46. The van der Waals surface area contributed by atoms with Gasteiger partial charge in [-0.25, -0.2) is 9.18 Å². The van der Waals surface area contributed by atoms with Crippen LogP contribution in [0.1, 0.15) is 43.5 Å². The van der Waals surface area contributed by atoms with Gasteiger partial charge in [0.15, 0.2) is 0 Å². The molecule has 0 saturated carbocycles. The van der Waals surface area contributed by atoms with Crippen molar-refractivity contribution in [3.63, 3.8) is 0 Å². The molecule has 1 aliphatic heterocycles. The Hall–Kier alpha value is -3.87. The molecule has 7 heteroatoms. The molecule has 35 heavy (non-hydrogen) atoms. The van der Waals surface area contributed by atoms with Crippen LogP contribution in [0.5, 0.6) is 5.75 Å². The number of ether oxygens (including phenoxy) is 2. The van der Waals surface area contributed by atoms with E-state index in [4.69, 9.17) is 9.47 Å². The van der Waals surface area contributed by atoms with Gasteiger partial charge < -0.3 is 19.7 Å². The molecule has 0 fully saturated rings. The number of methoxy groups -OCH3 is 1. The van der Waals surface area contributed by atoms with E-state index in [1.165, 1.54) is 12.0 Å². The van der Waals surface area contributed by atoms with E-state index in [0.29, 0.717) is 17.0 Å². The predicted molar refractivity (Wildman–Crippen MR) is 132 cm³/mol. The third kappa shape index (κ3) is 4.71. The normalized spacial score (nSPS) is 18.1. The van der Waals surface area contributed by atoms with Crippen molar-refractivity contribution >= 4 is 17.7 Å². The number of nitrogens with zero attached hydrogens (tertiary/aromatic N) is 1.